The number of amides is 1. The molecule has 1 aromatic carbocycles. The van der Waals surface area contributed by atoms with Gasteiger partial charge in [0, 0.05) is 5.69 Å². The van der Waals surface area contributed by atoms with Crippen LogP contribution in [0.2, 0.25) is 0 Å². The van der Waals surface area contributed by atoms with Gasteiger partial charge in [-0.1, -0.05) is 19.9 Å². The number of benzene rings is 1. The summed E-state index contributed by atoms with van der Waals surface area (Å²) in [4.78, 5) is 12.3. The van der Waals surface area contributed by atoms with Crippen molar-refractivity contribution in [1.82, 2.24) is 15.1 Å². The van der Waals surface area contributed by atoms with Gasteiger partial charge < -0.3 is 10.4 Å². The van der Waals surface area contributed by atoms with Gasteiger partial charge in [0.2, 0.25) is 0 Å². The van der Waals surface area contributed by atoms with Gasteiger partial charge >= 0.3 is 0 Å². The van der Waals surface area contributed by atoms with Crippen LogP contribution < -0.4 is 5.32 Å². The summed E-state index contributed by atoms with van der Waals surface area (Å²) in [5, 5.41) is 16.4. The maximum atomic E-state index is 13.3. The van der Waals surface area contributed by atoms with E-state index in [1.165, 1.54) is 16.8 Å². The zero-order valence-corrected chi connectivity index (χ0v) is 13.6. The predicted molar refractivity (Wildman–Crippen MR) is 86.1 cm³/mol. The SMILES string of the molecule is Cc1cc(C(=O)NC(CO)CC(C)C)nn1-c1cccc(F)c1. The molecule has 1 heterocycles. The molecule has 0 aliphatic heterocycles. The lowest BCUT2D eigenvalue weighted by molar-refractivity contribution is 0.0903. The molecule has 2 rings (SSSR count). The van der Waals surface area contributed by atoms with Crippen LogP contribution in [0.15, 0.2) is 30.3 Å². The first-order valence-corrected chi connectivity index (χ1v) is 7.65. The van der Waals surface area contributed by atoms with Gasteiger partial charge in [-0.3, -0.25) is 4.79 Å². The summed E-state index contributed by atoms with van der Waals surface area (Å²) in [5.74, 6) is -0.345. The van der Waals surface area contributed by atoms with Crippen molar-refractivity contribution < 1.29 is 14.3 Å². The molecule has 1 amide bonds. The molecular formula is C17H22FN3O2. The Kier molecular flexibility index (Phi) is 5.50. The van der Waals surface area contributed by atoms with E-state index in [1.54, 1.807) is 25.1 Å². The van der Waals surface area contributed by atoms with Crippen molar-refractivity contribution in [2.24, 2.45) is 5.92 Å². The number of nitrogens with zero attached hydrogens (tertiary/aromatic N) is 2. The van der Waals surface area contributed by atoms with Crippen LogP contribution in [0.5, 0.6) is 0 Å². The fourth-order valence-corrected chi connectivity index (χ4v) is 2.46. The van der Waals surface area contributed by atoms with Crippen LogP contribution in [-0.2, 0) is 0 Å². The molecule has 0 saturated carbocycles. The highest BCUT2D eigenvalue weighted by molar-refractivity contribution is 5.92. The van der Waals surface area contributed by atoms with E-state index in [9.17, 15) is 14.3 Å². The minimum absolute atomic E-state index is 0.118. The van der Waals surface area contributed by atoms with Crippen molar-refractivity contribution in [3.8, 4) is 5.69 Å². The highest BCUT2D eigenvalue weighted by Crippen LogP contribution is 2.14. The van der Waals surface area contributed by atoms with E-state index in [0.29, 0.717) is 18.0 Å². The lowest BCUT2D eigenvalue weighted by atomic mass is 10.0. The summed E-state index contributed by atoms with van der Waals surface area (Å²) >= 11 is 0. The lowest BCUT2D eigenvalue weighted by Crippen LogP contribution is -2.38. The van der Waals surface area contributed by atoms with Gasteiger partial charge in [0.15, 0.2) is 5.69 Å². The Morgan fingerprint density at radius 3 is 2.74 bits per heavy atom. The summed E-state index contributed by atoms with van der Waals surface area (Å²) in [5.41, 5.74) is 1.53. The number of aromatic nitrogens is 2. The molecular weight excluding hydrogens is 297 g/mol. The number of aliphatic hydroxyl groups is 1. The molecule has 0 fully saturated rings. The molecule has 124 valence electrons. The average Bonchev–Trinajstić information content (AvgIpc) is 2.88. The van der Waals surface area contributed by atoms with Gasteiger partial charge in [-0.25, -0.2) is 9.07 Å². The first-order valence-electron chi connectivity index (χ1n) is 7.65. The molecule has 1 atom stereocenters. The van der Waals surface area contributed by atoms with E-state index in [1.807, 2.05) is 13.8 Å². The molecule has 1 unspecified atom stereocenters. The van der Waals surface area contributed by atoms with Crippen LogP contribution >= 0.6 is 0 Å². The molecule has 0 aliphatic rings. The summed E-state index contributed by atoms with van der Waals surface area (Å²) in [6, 6.07) is 7.37. The Morgan fingerprint density at radius 1 is 1.39 bits per heavy atom. The summed E-state index contributed by atoms with van der Waals surface area (Å²) in [6.07, 6.45) is 0.686. The van der Waals surface area contributed by atoms with Gasteiger partial charge in [0.05, 0.1) is 18.3 Å². The highest BCUT2D eigenvalue weighted by Gasteiger charge is 2.18. The van der Waals surface area contributed by atoms with Gasteiger partial charge in [-0.2, -0.15) is 5.10 Å². The van der Waals surface area contributed by atoms with Crippen LogP contribution in [0.4, 0.5) is 4.39 Å². The minimum atomic E-state index is -0.360. The Hall–Kier alpha value is -2.21. The maximum absolute atomic E-state index is 13.3. The monoisotopic (exact) mass is 319 g/mol. The topological polar surface area (TPSA) is 67.2 Å². The Bertz CT molecular complexity index is 682. The van der Waals surface area contributed by atoms with Crippen LogP contribution in [0, 0.1) is 18.7 Å². The second kappa shape index (κ2) is 7.37. The van der Waals surface area contributed by atoms with E-state index in [-0.39, 0.29) is 30.1 Å². The normalized spacial score (nSPS) is 12.4. The van der Waals surface area contributed by atoms with E-state index in [0.717, 1.165) is 5.69 Å². The van der Waals surface area contributed by atoms with Crippen molar-refractivity contribution in [1.29, 1.82) is 0 Å². The van der Waals surface area contributed by atoms with Crippen molar-refractivity contribution in [2.45, 2.75) is 33.2 Å². The zero-order valence-electron chi connectivity index (χ0n) is 13.6. The number of carbonyl (C=O) groups is 1. The molecule has 0 saturated heterocycles. The van der Waals surface area contributed by atoms with E-state index < -0.39 is 0 Å². The fourth-order valence-electron chi connectivity index (χ4n) is 2.46. The molecule has 0 radical (unpaired) electrons. The van der Waals surface area contributed by atoms with Crippen molar-refractivity contribution in [2.75, 3.05) is 6.61 Å². The number of nitrogens with one attached hydrogen (secondary N) is 1. The van der Waals surface area contributed by atoms with E-state index in [2.05, 4.69) is 10.4 Å². The first kappa shape index (κ1) is 17.1. The Morgan fingerprint density at radius 2 is 2.13 bits per heavy atom. The van der Waals surface area contributed by atoms with Crippen LogP contribution in [0.3, 0.4) is 0 Å². The van der Waals surface area contributed by atoms with Gasteiger partial charge in [-0.15, -0.1) is 0 Å². The van der Waals surface area contributed by atoms with Crippen molar-refractivity contribution in [3.63, 3.8) is 0 Å². The summed E-state index contributed by atoms with van der Waals surface area (Å²) in [6.45, 7) is 5.73. The number of rotatable bonds is 6. The molecule has 5 nitrogen and oxygen atoms in total. The Balaban J connectivity index is 2.18. The molecule has 0 spiro atoms. The predicted octanol–water partition coefficient (Wildman–Crippen LogP) is 2.46. The number of carbonyl (C=O) groups excluding carboxylic acids is 1. The molecule has 2 aromatic rings. The third-order valence-corrected chi connectivity index (χ3v) is 3.48. The fraction of sp³-hybridized carbons (Fsp3) is 0.412. The standard InChI is InChI=1S/C17H22FN3O2/c1-11(2)7-14(10-22)19-17(23)16-8-12(3)21(20-16)15-6-4-5-13(18)9-15/h4-6,8-9,11,14,22H,7,10H2,1-3H3,(H,19,23). The van der Waals surface area contributed by atoms with Crippen LogP contribution in [0.1, 0.15) is 36.5 Å². The Labute approximate surface area is 135 Å². The van der Waals surface area contributed by atoms with E-state index >= 15 is 0 Å². The molecule has 0 bridgehead atoms. The van der Waals surface area contributed by atoms with E-state index in [4.69, 9.17) is 0 Å². The highest BCUT2D eigenvalue weighted by atomic mass is 19.1. The molecule has 2 N–H and O–H groups in total. The second-order valence-corrected chi connectivity index (χ2v) is 6.05. The van der Waals surface area contributed by atoms with Gasteiger partial charge in [-0.05, 0) is 43.5 Å². The zero-order chi connectivity index (χ0) is 17.0. The summed E-state index contributed by atoms with van der Waals surface area (Å²) < 4.78 is 14.9. The maximum Gasteiger partial charge on any atom is 0.272 e. The average molecular weight is 319 g/mol. The summed E-state index contributed by atoms with van der Waals surface area (Å²) in [7, 11) is 0. The molecule has 23 heavy (non-hydrogen) atoms. The second-order valence-electron chi connectivity index (χ2n) is 6.05. The van der Waals surface area contributed by atoms with Gasteiger partial charge in [0.25, 0.3) is 5.91 Å². The number of aliphatic hydroxyl groups excluding tert-OH is 1. The number of halogens is 1. The van der Waals surface area contributed by atoms with Crippen molar-refractivity contribution in [3.05, 3.63) is 47.5 Å². The number of hydrogen-bond acceptors (Lipinski definition) is 3. The van der Waals surface area contributed by atoms with Gasteiger partial charge in [0.1, 0.15) is 5.82 Å². The molecule has 0 aliphatic carbocycles. The minimum Gasteiger partial charge on any atom is -0.394 e. The lowest BCUT2D eigenvalue weighted by Gasteiger charge is -2.17. The number of aryl methyl sites for hydroxylation is 1. The quantitative estimate of drug-likeness (QED) is 0.859. The largest absolute Gasteiger partial charge is 0.394 e. The molecule has 6 heteroatoms. The smallest absolute Gasteiger partial charge is 0.272 e. The third-order valence-electron chi connectivity index (χ3n) is 3.48. The first-order chi connectivity index (χ1) is 10.9. The number of hydrogen-bond donors (Lipinski definition) is 2. The van der Waals surface area contributed by atoms with Crippen LogP contribution in [-0.4, -0.2) is 33.4 Å². The van der Waals surface area contributed by atoms with Crippen LogP contribution in [0.25, 0.3) is 5.69 Å². The molecule has 1 aromatic heterocycles. The third kappa shape index (κ3) is 4.39. The van der Waals surface area contributed by atoms with Crippen molar-refractivity contribution >= 4 is 5.91 Å².